The van der Waals surface area contributed by atoms with Crippen molar-refractivity contribution >= 4 is 23.3 Å². The van der Waals surface area contributed by atoms with E-state index in [1.807, 2.05) is 6.92 Å². The van der Waals surface area contributed by atoms with E-state index in [-0.39, 0.29) is 23.5 Å². The molecular formula is C29H42N6O9. The molecule has 242 valence electrons. The lowest BCUT2D eigenvalue weighted by molar-refractivity contribution is -0.310. The van der Waals surface area contributed by atoms with Crippen molar-refractivity contribution < 1.29 is 39.1 Å². The molecule has 9 atom stereocenters. The molecule has 7 N–H and O–H groups in total. The van der Waals surface area contributed by atoms with Crippen molar-refractivity contribution in [2.45, 2.75) is 88.2 Å². The molecule has 2 aliphatic heterocycles. The van der Waals surface area contributed by atoms with Crippen LogP contribution in [0.2, 0.25) is 0 Å². The lowest BCUT2D eigenvalue weighted by atomic mass is 9.96. The van der Waals surface area contributed by atoms with Crippen molar-refractivity contribution in [3.8, 4) is 0 Å². The zero-order chi connectivity index (χ0) is 32.3. The van der Waals surface area contributed by atoms with Gasteiger partial charge in [0.2, 0.25) is 5.91 Å². The Balaban J connectivity index is 1.32. The molecule has 0 spiro atoms. The van der Waals surface area contributed by atoms with E-state index in [1.54, 1.807) is 25.9 Å². The van der Waals surface area contributed by atoms with Crippen LogP contribution < -0.4 is 22.1 Å². The Hall–Kier alpha value is -3.28. The van der Waals surface area contributed by atoms with E-state index in [4.69, 9.17) is 19.9 Å². The van der Waals surface area contributed by atoms with Gasteiger partial charge in [-0.3, -0.25) is 14.2 Å². The maximum absolute atomic E-state index is 12.9. The van der Waals surface area contributed by atoms with E-state index in [2.05, 4.69) is 15.6 Å². The molecule has 2 saturated heterocycles. The summed E-state index contributed by atoms with van der Waals surface area (Å²) >= 11 is 0. The summed E-state index contributed by atoms with van der Waals surface area (Å²) in [6, 6.07) is 7.07. The summed E-state index contributed by atoms with van der Waals surface area (Å²) in [5.74, 6) is -1.05. The second-order valence-electron chi connectivity index (χ2n) is 11.8. The van der Waals surface area contributed by atoms with Crippen LogP contribution in [0.5, 0.6) is 0 Å². The highest BCUT2D eigenvalue weighted by Gasteiger charge is 2.46. The number of carbonyl (C=O) groups excluding carboxylic acids is 2. The Morgan fingerprint density at radius 2 is 1.77 bits per heavy atom. The average Bonchev–Trinajstić information content (AvgIpc) is 2.97. The summed E-state index contributed by atoms with van der Waals surface area (Å²) in [7, 11) is 3.61. The third kappa shape index (κ3) is 7.50. The van der Waals surface area contributed by atoms with Crippen LogP contribution in [0.4, 0.5) is 11.5 Å². The minimum Gasteiger partial charge on any atom is -0.394 e. The van der Waals surface area contributed by atoms with E-state index in [1.165, 1.54) is 48.0 Å². The monoisotopic (exact) mass is 618 g/mol. The Labute approximate surface area is 254 Å². The maximum atomic E-state index is 12.9. The molecule has 0 aliphatic carbocycles. The molecule has 1 aromatic heterocycles. The molecule has 0 saturated carbocycles. The van der Waals surface area contributed by atoms with Gasteiger partial charge < -0.3 is 50.8 Å². The number of likely N-dealkylation sites (N-methyl/N-ethyl adjacent to an activating group) is 1. The number of anilines is 2. The van der Waals surface area contributed by atoms with E-state index in [0.29, 0.717) is 18.5 Å². The van der Waals surface area contributed by atoms with E-state index >= 15 is 0 Å². The zero-order valence-corrected chi connectivity index (χ0v) is 25.4. The smallest absolute Gasteiger partial charge is 0.351 e. The number of rotatable bonds is 9. The second kappa shape index (κ2) is 13.8. The minimum absolute atomic E-state index is 0.0488. The van der Waals surface area contributed by atoms with Crippen molar-refractivity contribution in [3.05, 3.63) is 52.6 Å². The third-order valence-corrected chi connectivity index (χ3v) is 7.94. The SMILES string of the molecule is CC1OC(n2ccc(NC(=O)c3ccc(NC(=O)[C@](C)(N)CO)cc3)nc2=O)CCC1OC1OC(C)C(N(C)C)C(O)C1O. The first-order valence-corrected chi connectivity index (χ1v) is 14.4. The first-order chi connectivity index (χ1) is 20.7. The van der Waals surface area contributed by atoms with Crippen molar-refractivity contribution in [1.82, 2.24) is 14.5 Å². The fraction of sp³-hybridized carbons (Fsp3) is 0.586. The summed E-state index contributed by atoms with van der Waals surface area (Å²) in [5.41, 5.74) is 4.29. The molecular weight excluding hydrogens is 576 g/mol. The number of nitrogens with one attached hydrogen (secondary N) is 2. The van der Waals surface area contributed by atoms with Gasteiger partial charge in [-0.1, -0.05) is 0 Å². The number of ether oxygens (including phenoxy) is 3. The predicted molar refractivity (Wildman–Crippen MR) is 159 cm³/mol. The average molecular weight is 619 g/mol. The summed E-state index contributed by atoms with van der Waals surface area (Å²) in [5, 5.41) is 35.6. The van der Waals surface area contributed by atoms with Crippen LogP contribution in [-0.2, 0) is 19.0 Å². The number of amides is 2. The lowest BCUT2D eigenvalue weighted by Crippen LogP contribution is -2.62. The summed E-state index contributed by atoms with van der Waals surface area (Å²) < 4.78 is 19.3. The number of benzene rings is 1. The number of carbonyl (C=O) groups is 2. The topological polar surface area (TPSA) is 211 Å². The Bertz CT molecular complexity index is 1370. The standard InChI is InChI=1S/C29H42N6O9/c1-15-19(44-26-24(38)23(37)22(34(4)5)16(2)43-26)10-11-21(42-15)35-13-12-20(33-28(35)41)32-25(39)17-6-8-18(9-7-17)31-27(40)29(3,30)14-36/h6-9,12-13,15-16,19,21-24,26,36-38H,10-11,14,30H2,1-5H3,(H,31,40)(H,32,33,39,41)/t15?,16?,19?,21?,22?,23?,24?,26?,29-/m1/s1. The number of hydrogen-bond acceptors (Lipinski definition) is 12. The third-order valence-electron chi connectivity index (χ3n) is 7.94. The van der Waals surface area contributed by atoms with Crippen LogP contribution in [0, 0.1) is 0 Å². The molecule has 15 heteroatoms. The highest BCUT2D eigenvalue weighted by atomic mass is 16.7. The van der Waals surface area contributed by atoms with Crippen LogP contribution in [0.3, 0.4) is 0 Å². The first-order valence-electron chi connectivity index (χ1n) is 14.4. The van der Waals surface area contributed by atoms with Gasteiger partial charge in [-0.15, -0.1) is 0 Å². The molecule has 15 nitrogen and oxygen atoms in total. The van der Waals surface area contributed by atoms with E-state index in [0.717, 1.165) is 0 Å². The molecule has 0 radical (unpaired) electrons. The van der Waals surface area contributed by atoms with Gasteiger partial charge in [0.1, 0.15) is 29.8 Å². The Morgan fingerprint density at radius 3 is 2.36 bits per heavy atom. The zero-order valence-electron chi connectivity index (χ0n) is 25.4. The van der Waals surface area contributed by atoms with Gasteiger partial charge in [-0.25, -0.2) is 4.79 Å². The number of nitrogens with two attached hydrogens (primary N) is 1. The summed E-state index contributed by atoms with van der Waals surface area (Å²) in [6.07, 6.45) is -2.85. The van der Waals surface area contributed by atoms with Crippen LogP contribution in [0.15, 0.2) is 41.3 Å². The van der Waals surface area contributed by atoms with Gasteiger partial charge in [0.15, 0.2) is 6.29 Å². The molecule has 0 bridgehead atoms. The normalized spacial score (nSPS) is 30.4. The fourth-order valence-electron chi connectivity index (χ4n) is 5.29. The van der Waals surface area contributed by atoms with Crippen molar-refractivity contribution in [2.75, 3.05) is 31.3 Å². The van der Waals surface area contributed by atoms with Crippen molar-refractivity contribution in [2.24, 2.45) is 5.73 Å². The number of aliphatic hydroxyl groups excluding tert-OH is 3. The van der Waals surface area contributed by atoms with Crippen LogP contribution in [0.25, 0.3) is 0 Å². The van der Waals surface area contributed by atoms with Crippen LogP contribution >= 0.6 is 0 Å². The maximum Gasteiger partial charge on any atom is 0.351 e. The molecule has 2 fully saturated rings. The van der Waals surface area contributed by atoms with E-state index < -0.39 is 66.6 Å². The van der Waals surface area contributed by atoms with Gasteiger partial charge in [0.25, 0.3) is 5.91 Å². The highest BCUT2D eigenvalue weighted by molar-refractivity contribution is 6.04. The lowest BCUT2D eigenvalue weighted by Gasteiger charge is -2.46. The molecule has 1 aromatic carbocycles. The van der Waals surface area contributed by atoms with Gasteiger partial charge >= 0.3 is 5.69 Å². The number of nitrogens with zero attached hydrogens (tertiary/aromatic N) is 3. The summed E-state index contributed by atoms with van der Waals surface area (Å²) in [4.78, 5) is 43.5. The van der Waals surface area contributed by atoms with Crippen LogP contribution in [0.1, 0.15) is 50.2 Å². The van der Waals surface area contributed by atoms with Gasteiger partial charge in [0.05, 0.1) is 31.0 Å². The number of hydrogen-bond donors (Lipinski definition) is 6. The van der Waals surface area contributed by atoms with Crippen LogP contribution in [-0.4, -0.2) is 111 Å². The minimum atomic E-state index is -1.45. The quantitative estimate of drug-likeness (QED) is 0.212. The first kappa shape index (κ1) is 33.6. The molecule has 3 heterocycles. The second-order valence-corrected chi connectivity index (χ2v) is 11.8. The predicted octanol–water partition coefficient (Wildman–Crippen LogP) is -0.377. The van der Waals surface area contributed by atoms with Crippen molar-refractivity contribution in [1.29, 1.82) is 0 Å². The molecule has 2 aliphatic rings. The van der Waals surface area contributed by atoms with Gasteiger partial charge in [-0.2, -0.15) is 4.98 Å². The molecule has 44 heavy (non-hydrogen) atoms. The van der Waals surface area contributed by atoms with Crippen molar-refractivity contribution in [3.63, 3.8) is 0 Å². The fourth-order valence-corrected chi connectivity index (χ4v) is 5.29. The van der Waals surface area contributed by atoms with E-state index in [9.17, 15) is 29.7 Å². The highest BCUT2D eigenvalue weighted by Crippen LogP contribution is 2.32. The number of aliphatic hydroxyl groups is 3. The molecule has 4 rings (SSSR count). The van der Waals surface area contributed by atoms with Gasteiger partial charge in [0, 0.05) is 17.4 Å². The van der Waals surface area contributed by atoms with Gasteiger partial charge in [-0.05, 0) is 78.0 Å². The Morgan fingerprint density at radius 1 is 1.09 bits per heavy atom. The molecule has 8 unspecified atom stereocenters. The molecule has 2 aromatic rings. The number of aromatic nitrogens is 2. The Kier molecular flexibility index (Phi) is 10.5. The largest absolute Gasteiger partial charge is 0.394 e. The summed E-state index contributed by atoms with van der Waals surface area (Å²) in [6.45, 7) is 4.47. The molecule has 2 amide bonds.